The lowest BCUT2D eigenvalue weighted by Crippen LogP contribution is -2.10. The van der Waals surface area contributed by atoms with Crippen molar-refractivity contribution in [2.45, 2.75) is 0 Å². The molecule has 0 bridgehead atoms. The maximum atomic E-state index is 12.7. The minimum absolute atomic E-state index is 0.432. The van der Waals surface area contributed by atoms with Crippen LogP contribution in [0, 0.1) is 0 Å². The van der Waals surface area contributed by atoms with E-state index in [4.69, 9.17) is 16.3 Å². The highest BCUT2D eigenvalue weighted by Crippen LogP contribution is 2.35. The number of ether oxygens (including phenoxy) is 1. The lowest BCUT2D eigenvalue weighted by molar-refractivity contribution is 0.0737. The van der Waals surface area contributed by atoms with Crippen molar-refractivity contribution in [1.82, 2.24) is 4.98 Å². The Labute approximate surface area is 155 Å². The Bertz CT molecular complexity index is 1080. The molecule has 3 aromatic carbocycles. The largest absolute Gasteiger partial charge is 0.420 e. The smallest absolute Gasteiger partial charge is 0.343 e. The van der Waals surface area contributed by atoms with Crippen molar-refractivity contribution in [3.63, 3.8) is 0 Å². The van der Waals surface area contributed by atoms with E-state index in [0.717, 1.165) is 16.3 Å². The first-order valence-corrected chi connectivity index (χ1v) is 8.51. The van der Waals surface area contributed by atoms with Gasteiger partial charge in [0.2, 0.25) is 0 Å². The van der Waals surface area contributed by atoms with Crippen LogP contribution >= 0.6 is 11.6 Å². The standard InChI is InChI=1S/C22H14ClNO2/c23-18-12-10-16(11-13-18)22(25)26-21-19-9-5-4-8-17(19)14-24-20(21)15-6-2-1-3-7-15/h1-14H. The second kappa shape index (κ2) is 6.98. The predicted molar refractivity (Wildman–Crippen MR) is 104 cm³/mol. The van der Waals surface area contributed by atoms with E-state index in [1.807, 2.05) is 54.6 Å². The summed E-state index contributed by atoms with van der Waals surface area (Å²) in [4.78, 5) is 17.2. The number of nitrogens with zero attached hydrogens (tertiary/aromatic N) is 1. The Morgan fingerprint density at radius 2 is 1.54 bits per heavy atom. The van der Waals surface area contributed by atoms with Crippen LogP contribution in [-0.4, -0.2) is 11.0 Å². The van der Waals surface area contributed by atoms with Crippen molar-refractivity contribution in [3.8, 4) is 17.0 Å². The molecule has 0 atom stereocenters. The maximum Gasteiger partial charge on any atom is 0.343 e. The van der Waals surface area contributed by atoms with E-state index in [1.165, 1.54) is 0 Å². The molecule has 4 aromatic rings. The molecule has 0 unspecified atom stereocenters. The molecule has 0 aliphatic carbocycles. The van der Waals surface area contributed by atoms with E-state index in [0.29, 0.717) is 22.0 Å². The molecule has 0 spiro atoms. The quantitative estimate of drug-likeness (QED) is 0.435. The molecule has 0 aliphatic rings. The number of esters is 1. The van der Waals surface area contributed by atoms with Crippen molar-refractivity contribution in [1.29, 1.82) is 0 Å². The van der Waals surface area contributed by atoms with Gasteiger partial charge in [-0.15, -0.1) is 0 Å². The molecular formula is C22H14ClNO2. The second-order valence-corrected chi connectivity index (χ2v) is 6.22. The highest BCUT2D eigenvalue weighted by molar-refractivity contribution is 6.30. The molecule has 0 radical (unpaired) electrons. The third-order valence-corrected chi connectivity index (χ3v) is 4.33. The number of benzene rings is 3. The van der Waals surface area contributed by atoms with E-state index in [2.05, 4.69) is 4.98 Å². The zero-order valence-electron chi connectivity index (χ0n) is 13.7. The normalized spacial score (nSPS) is 10.7. The van der Waals surface area contributed by atoms with Gasteiger partial charge in [-0.25, -0.2) is 4.79 Å². The summed E-state index contributed by atoms with van der Waals surface area (Å²) in [5.41, 5.74) is 1.95. The Kier molecular flexibility index (Phi) is 4.38. The Morgan fingerprint density at radius 3 is 2.31 bits per heavy atom. The third kappa shape index (κ3) is 3.17. The SMILES string of the molecule is O=C(Oc1c(-c2ccccc2)ncc2ccccc12)c1ccc(Cl)cc1. The first-order valence-electron chi connectivity index (χ1n) is 8.13. The summed E-state index contributed by atoms with van der Waals surface area (Å²) in [5, 5.41) is 2.31. The van der Waals surface area contributed by atoms with E-state index < -0.39 is 5.97 Å². The Balaban J connectivity index is 1.83. The lowest BCUT2D eigenvalue weighted by Gasteiger charge is -2.13. The van der Waals surface area contributed by atoms with Crippen molar-refractivity contribution in [3.05, 3.63) is 95.6 Å². The van der Waals surface area contributed by atoms with Crippen LogP contribution in [-0.2, 0) is 0 Å². The number of pyridine rings is 1. The molecule has 4 heteroatoms. The molecule has 1 aromatic heterocycles. The van der Waals surface area contributed by atoms with Gasteiger partial charge >= 0.3 is 5.97 Å². The van der Waals surface area contributed by atoms with Gasteiger partial charge in [0.1, 0.15) is 5.69 Å². The van der Waals surface area contributed by atoms with Gasteiger partial charge in [0.25, 0.3) is 0 Å². The Hall–Kier alpha value is -3.17. The van der Waals surface area contributed by atoms with Crippen LogP contribution in [0.1, 0.15) is 10.4 Å². The monoisotopic (exact) mass is 359 g/mol. The van der Waals surface area contributed by atoms with Crippen molar-refractivity contribution < 1.29 is 9.53 Å². The average Bonchev–Trinajstić information content (AvgIpc) is 2.69. The molecule has 0 aliphatic heterocycles. The number of aromatic nitrogens is 1. The summed E-state index contributed by atoms with van der Waals surface area (Å²) in [6, 6.07) is 24.0. The molecule has 4 rings (SSSR count). The van der Waals surface area contributed by atoms with Crippen LogP contribution in [0.15, 0.2) is 85.1 Å². The third-order valence-electron chi connectivity index (χ3n) is 4.08. The molecule has 0 amide bonds. The number of rotatable bonds is 3. The molecule has 0 N–H and O–H groups in total. The van der Waals surface area contributed by atoms with E-state index in [-0.39, 0.29) is 0 Å². The minimum Gasteiger partial charge on any atom is -0.420 e. The molecule has 3 nitrogen and oxygen atoms in total. The molecule has 1 heterocycles. The fraction of sp³-hybridized carbons (Fsp3) is 0. The van der Waals surface area contributed by atoms with Gasteiger partial charge in [0.15, 0.2) is 5.75 Å². The zero-order valence-corrected chi connectivity index (χ0v) is 14.5. The number of hydrogen-bond acceptors (Lipinski definition) is 3. The maximum absolute atomic E-state index is 12.7. The van der Waals surface area contributed by atoms with Gasteiger partial charge < -0.3 is 4.74 Å². The molecule has 26 heavy (non-hydrogen) atoms. The van der Waals surface area contributed by atoms with Gasteiger partial charge in [-0.2, -0.15) is 0 Å². The van der Waals surface area contributed by atoms with Gasteiger partial charge in [-0.1, -0.05) is 66.2 Å². The summed E-state index contributed by atoms with van der Waals surface area (Å²) in [6.07, 6.45) is 1.79. The summed E-state index contributed by atoms with van der Waals surface area (Å²) in [7, 11) is 0. The number of carbonyl (C=O) groups is 1. The summed E-state index contributed by atoms with van der Waals surface area (Å²) >= 11 is 5.90. The number of halogens is 1. The zero-order chi connectivity index (χ0) is 17.9. The highest BCUT2D eigenvalue weighted by Gasteiger charge is 2.17. The molecule has 0 saturated heterocycles. The van der Waals surface area contributed by atoms with Gasteiger partial charge in [0.05, 0.1) is 5.56 Å². The van der Waals surface area contributed by atoms with E-state index in [9.17, 15) is 4.79 Å². The molecule has 126 valence electrons. The van der Waals surface area contributed by atoms with Crippen LogP contribution in [0.5, 0.6) is 5.75 Å². The first kappa shape index (κ1) is 16.3. The number of fused-ring (bicyclic) bond motifs is 1. The molecular weight excluding hydrogens is 346 g/mol. The molecule has 0 fully saturated rings. The van der Waals surface area contributed by atoms with Crippen molar-refractivity contribution in [2.75, 3.05) is 0 Å². The fourth-order valence-electron chi connectivity index (χ4n) is 2.78. The van der Waals surface area contributed by atoms with Crippen molar-refractivity contribution >= 4 is 28.3 Å². The van der Waals surface area contributed by atoms with Crippen LogP contribution in [0.4, 0.5) is 0 Å². The van der Waals surface area contributed by atoms with Crippen LogP contribution in [0.2, 0.25) is 5.02 Å². The van der Waals surface area contributed by atoms with Gasteiger partial charge in [-0.3, -0.25) is 4.98 Å². The first-order chi connectivity index (χ1) is 12.7. The number of hydrogen-bond donors (Lipinski definition) is 0. The van der Waals surface area contributed by atoms with E-state index in [1.54, 1.807) is 30.5 Å². The van der Waals surface area contributed by atoms with Gasteiger partial charge in [0, 0.05) is 27.6 Å². The van der Waals surface area contributed by atoms with Crippen LogP contribution in [0.25, 0.3) is 22.0 Å². The predicted octanol–water partition coefficient (Wildman–Crippen LogP) is 5.77. The lowest BCUT2D eigenvalue weighted by atomic mass is 10.1. The summed E-state index contributed by atoms with van der Waals surface area (Å²) in [6.45, 7) is 0. The van der Waals surface area contributed by atoms with E-state index >= 15 is 0 Å². The van der Waals surface area contributed by atoms with Gasteiger partial charge in [-0.05, 0) is 24.3 Å². The summed E-state index contributed by atoms with van der Waals surface area (Å²) in [5.74, 6) is 0.00579. The topological polar surface area (TPSA) is 39.2 Å². The average molecular weight is 360 g/mol. The highest BCUT2D eigenvalue weighted by atomic mass is 35.5. The van der Waals surface area contributed by atoms with Crippen molar-refractivity contribution in [2.24, 2.45) is 0 Å². The van der Waals surface area contributed by atoms with Crippen LogP contribution in [0.3, 0.4) is 0 Å². The minimum atomic E-state index is -0.447. The van der Waals surface area contributed by atoms with Crippen LogP contribution < -0.4 is 4.74 Å². The second-order valence-electron chi connectivity index (χ2n) is 5.79. The Morgan fingerprint density at radius 1 is 0.846 bits per heavy atom. The molecule has 0 saturated carbocycles. The number of carbonyl (C=O) groups excluding carboxylic acids is 1. The summed E-state index contributed by atoms with van der Waals surface area (Å²) < 4.78 is 5.79. The fourth-order valence-corrected chi connectivity index (χ4v) is 2.91.